The van der Waals surface area contributed by atoms with Gasteiger partial charge in [-0.15, -0.1) is 0 Å². The number of hydrogen-bond donors (Lipinski definition) is 0. The Hall–Kier alpha value is -1.97. The molecule has 0 saturated heterocycles. The van der Waals surface area contributed by atoms with E-state index in [0.29, 0.717) is 22.6 Å². The summed E-state index contributed by atoms with van der Waals surface area (Å²) in [5, 5.41) is 0. The quantitative estimate of drug-likeness (QED) is 0.572. The van der Waals surface area contributed by atoms with Crippen LogP contribution in [0.4, 0.5) is 0 Å². The van der Waals surface area contributed by atoms with E-state index in [0.717, 1.165) is 15.8 Å². The Morgan fingerprint density at radius 2 is 1.61 bits per heavy atom. The number of ether oxygens (including phenoxy) is 3. The van der Waals surface area contributed by atoms with Crippen LogP contribution in [-0.4, -0.2) is 42.1 Å². The Balaban J connectivity index is 2.49. The molecule has 122 valence electrons. The standard InChI is InChI=1S/C18H20O4Se/c1-11-8-12(6-7-14(11)20-2)17(19)13-9-15(21-3)18(22-4)16(10-13)23-5/h6-10H,1-5H3. The minimum absolute atomic E-state index is 0.0396. The number of carbonyl (C=O) groups excluding carboxylic acids is 1. The van der Waals surface area contributed by atoms with Gasteiger partial charge in [0.1, 0.15) is 0 Å². The van der Waals surface area contributed by atoms with Crippen molar-refractivity contribution >= 4 is 25.2 Å². The number of hydrogen-bond acceptors (Lipinski definition) is 4. The molecule has 23 heavy (non-hydrogen) atoms. The molecule has 0 spiro atoms. The van der Waals surface area contributed by atoms with E-state index in [1.165, 1.54) is 0 Å². The van der Waals surface area contributed by atoms with Crippen molar-refractivity contribution in [1.82, 2.24) is 0 Å². The third kappa shape index (κ3) is 3.52. The first kappa shape index (κ1) is 17.4. The van der Waals surface area contributed by atoms with Gasteiger partial charge in [0.2, 0.25) is 0 Å². The van der Waals surface area contributed by atoms with E-state index >= 15 is 0 Å². The molecule has 0 aliphatic heterocycles. The zero-order chi connectivity index (χ0) is 17.0. The van der Waals surface area contributed by atoms with E-state index in [1.54, 1.807) is 33.5 Å². The van der Waals surface area contributed by atoms with Crippen LogP contribution in [0, 0.1) is 6.92 Å². The molecule has 2 aromatic carbocycles. The molecule has 0 aliphatic carbocycles. The summed E-state index contributed by atoms with van der Waals surface area (Å²) in [7, 11) is 4.81. The predicted octanol–water partition coefficient (Wildman–Crippen LogP) is 2.63. The van der Waals surface area contributed by atoms with E-state index in [1.807, 2.05) is 25.1 Å². The van der Waals surface area contributed by atoms with Gasteiger partial charge >= 0.3 is 143 Å². The van der Waals surface area contributed by atoms with Crippen molar-refractivity contribution in [2.24, 2.45) is 0 Å². The Bertz CT molecular complexity index is 700. The van der Waals surface area contributed by atoms with E-state index in [4.69, 9.17) is 14.2 Å². The van der Waals surface area contributed by atoms with Gasteiger partial charge in [0.25, 0.3) is 0 Å². The third-order valence-electron chi connectivity index (χ3n) is 3.58. The summed E-state index contributed by atoms with van der Waals surface area (Å²) in [4.78, 5) is 12.8. The fourth-order valence-corrected chi connectivity index (χ4v) is 3.69. The second kappa shape index (κ2) is 7.53. The van der Waals surface area contributed by atoms with Crippen LogP contribution in [0.1, 0.15) is 21.5 Å². The zero-order valence-corrected chi connectivity index (χ0v) is 15.6. The molecule has 0 saturated carbocycles. The first-order valence-electron chi connectivity index (χ1n) is 7.05. The van der Waals surface area contributed by atoms with Crippen LogP contribution >= 0.6 is 0 Å². The Kier molecular flexibility index (Phi) is 5.69. The van der Waals surface area contributed by atoms with E-state index in [2.05, 4.69) is 5.82 Å². The molecule has 0 N–H and O–H groups in total. The van der Waals surface area contributed by atoms with Crippen LogP contribution in [-0.2, 0) is 0 Å². The SMILES string of the molecule is COc1ccc(C(=O)c2cc(OC)c(OC)c([Se]C)c2)cc1C. The van der Waals surface area contributed by atoms with Gasteiger partial charge in [-0.25, -0.2) is 0 Å². The van der Waals surface area contributed by atoms with Gasteiger partial charge in [-0.2, -0.15) is 0 Å². The van der Waals surface area contributed by atoms with Crippen molar-refractivity contribution in [2.75, 3.05) is 21.3 Å². The molecular weight excluding hydrogens is 359 g/mol. The van der Waals surface area contributed by atoms with Crippen molar-refractivity contribution in [3.8, 4) is 17.2 Å². The second-order valence-electron chi connectivity index (χ2n) is 4.93. The van der Waals surface area contributed by atoms with Crippen molar-refractivity contribution < 1.29 is 19.0 Å². The number of rotatable bonds is 6. The van der Waals surface area contributed by atoms with Crippen molar-refractivity contribution in [3.05, 3.63) is 47.0 Å². The second-order valence-corrected chi connectivity index (χ2v) is 6.71. The van der Waals surface area contributed by atoms with Crippen molar-refractivity contribution in [3.63, 3.8) is 0 Å². The maximum atomic E-state index is 12.8. The normalized spacial score (nSPS) is 10.3. The Morgan fingerprint density at radius 3 is 2.13 bits per heavy atom. The third-order valence-corrected chi connectivity index (χ3v) is 5.14. The Labute approximate surface area is 142 Å². The molecule has 0 unspecified atom stereocenters. The summed E-state index contributed by atoms with van der Waals surface area (Å²) in [6.07, 6.45) is 0. The van der Waals surface area contributed by atoms with Gasteiger partial charge in [-0.05, 0) is 0 Å². The fourth-order valence-electron chi connectivity index (χ4n) is 2.40. The van der Waals surface area contributed by atoms with Crippen molar-refractivity contribution in [1.29, 1.82) is 0 Å². The molecule has 5 heteroatoms. The van der Waals surface area contributed by atoms with Gasteiger partial charge < -0.3 is 0 Å². The summed E-state index contributed by atoms with van der Waals surface area (Å²) in [6, 6.07) is 9.06. The summed E-state index contributed by atoms with van der Waals surface area (Å²) in [6.45, 7) is 1.92. The average molecular weight is 379 g/mol. The number of aryl methyl sites for hydroxylation is 1. The van der Waals surface area contributed by atoms with E-state index in [-0.39, 0.29) is 20.7 Å². The number of ketones is 1. The fraction of sp³-hybridized carbons (Fsp3) is 0.278. The van der Waals surface area contributed by atoms with Crippen LogP contribution in [0.25, 0.3) is 0 Å². The molecule has 0 aromatic heterocycles. The average Bonchev–Trinajstić information content (AvgIpc) is 2.59. The van der Waals surface area contributed by atoms with Gasteiger partial charge in [0.05, 0.1) is 0 Å². The van der Waals surface area contributed by atoms with Gasteiger partial charge in [-0.3, -0.25) is 0 Å². The molecule has 0 radical (unpaired) electrons. The van der Waals surface area contributed by atoms with Crippen LogP contribution in [0.3, 0.4) is 0 Å². The molecule has 0 amide bonds. The molecule has 0 fully saturated rings. The summed E-state index contributed by atoms with van der Waals surface area (Å²) >= 11 is 0.185. The molecule has 0 aliphatic rings. The summed E-state index contributed by atoms with van der Waals surface area (Å²) < 4.78 is 17.0. The first-order chi connectivity index (χ1) is 11.0. The molecule has 0 bridgehead atoms. The maximum absolute atomic E-state index is 12.8. The molecule has 4 nitrogen and oxygen atoms in total. The zero-order valence-electron chi connectivity index (χ0n) is 13.9. The van der Waals surface area contributed by atoms with E-state index < -0.39 is 0 Å². The van der Waals surface area contributed by atoms with Crippen LogP contribution in [0.2, 0.25) is 5.82 Å². The number of benzene rings is 2. The predicted molar refractivity (Wildman–Crippen MR) is 92.0 cm³/mol. The van der Waals surface area contributed by atoms with Crippen molar-refractivity contribution in [2.45, 2.75) is 12.7 Å². The molecule has 0 atom stereocenters. The minimum atomic E-state index is -0.0396. The number of carbonyl (C=O) groups is 1. The molecule has 2 rings (SSSR count). The van der Waals surface area contributed by atoms with Crippen LogP contribution in [0.5, 0.6) is 17.2 Å². The molecule has 2 aromatic rings. The van der Waals surface area contributed by atoms with Gasteiger partial charge in [-0.1, -0.05) is 0 Å². The topological polar surface area (TPSA) is 44.8 Å². The Morgan fingerprint density at radius 1 is 0.913 bits per heavy atom. The number of methoxy groups -OCH3 is 3. The van der Waals surface area contributed by atoms with Gasteiger partial charge in [0, 0.05) is 0 Å². The summed E-state index contributed by atoms with van der Waals surface area (Å²) in [5.41, 5.74) is 2.16. The van der Waals surface area contributed by atoms with E-state index in [9.17, 15) is 4.79 Å². The van der Waals surface area contributed by atoms with Crippen LogP contribution in [0.15, 0.2) is 30.3 Å². The van der Waals surface area contributed by atoms with Crippen LogP contribution < -0.4 is 18.7 Å². The first-order valence-corrected chi connectivity index (χ1v) is 9.62. The summed E-state index contributed by atoms with van der Waals surface area (Å²) in [5.74, 6) is 4.10. The molecule has 0 heterocycles. The van der Waals surface area contributed by atoms with Gasteiger partial charge in [0.15, 0.2) is 0 Å². The monoisotopic (exact) mass is 380 g/mol. The molecular formula is C18H20O4Se.